The van der Waals surface area contributed by atoms with Crippen molar-refractivity contribution in [2.24, 2.45) is 0 Å². The molecule has 0 unspecified atom stereocenters. The fraction of sp³-hybridized carbons (Fsp3) is 0.705. The van der Waals surface area contributed by atoms with Gasteiger partial charge in [-0.25, -0.2) is 51.2 Å². The number of carbonyl (C=O) groups excluding carboxylic acids is 1. The van der Waals surface area contributed by atoms with E-state index < -0.39 is 5.97 Å². The zero-order chi connectivity index (χ0) is 80.6. The van der Waals surface area contributed by atoms with Crippen molar-refractivity contribution in [3.63, 3.8) is 0 Å². The SMILES string of the molecule is C.CC[C@H]1CCc2sc3ncnc(Cl)c3c21.CC[C@H]1CCc2sc3ncnc(OC4CCC(N5CCOCC5)CC4)c3c21.IC[C@H]1CCc2sc3ncnc(OC4CCC(N5CCOCC5)CC4)c3c21.OC1CCC(N2CCOCC2)CC1.OC[C@H]1CCc2sc3ncnc(OC4CCC(N5CCOCC5)CC4)c3c21.[C-]#[N+]CC(=O)OCC. The Morgan fingerprint density at radius 1 is 0.458 bits per heavy atom. The number of carbonyl (C=O) groups is 1. The zero-order valence-corrected chi connectivity index (χ0v) is 74.7. The van der Waals surface area contributed by atoms with E-state index in [-0.39, 0.29) is 50.9 Å². The van der Waals surface area contributed by atoms with Crippen molar-refractivity contribution in [2.45, 2.75) is 267 Å². The van der Waals surface area contributed by atoms with E-state index in [1.54, 1.807) is 54.9 Å². The van der Waals surface area contributed by atoms with Gasteiger partial charge in [0.25, 0.3) is 0 Å². The van der Waals surface area contributed by atoms with Gasteiger partial charge in [0.2, 0.25) is 17.6 Å². The van der Waals surface area contributed by atoms with Crippen LogP contribution >= 0.6 is 79.5 Å². The third-order valence-corrected chi connectivity index (χ3v) is 32.4. The van der Waals surface area contributed by atoms with Crippen molar-refractivity contribution in [3.05, 3.63) is 83.6 Å². The number of aliphatic hydroxyl groups is 2. The van der Waals surface area contributed by atoms with Gasteiger partial charge in [-0.2, -0.15) is 0 Å². The highest BCUT2D eigenvalue weighted by molar-refractivity contribution is 14.1. The van der Waals surface area contributed by atoms with E-state index >= 15 is 0 Å². The molecule has 0 aromatic carbocycles. The number of fused-ring (bicyclic) bond motifs is 12. The number of alkyl halides is 1. The van der Waals surface area contributed by atoms with Gasteiger partial charge in [0.15, 0.2) is 0 Å². The molecule has 20 rings (SSSR count). The zero-order valence-electron chi connectivity index (χ0n) is 68.5. The van der Waals surface area contributed by atoms with E-state index in [1.807, 2.05) is 22.7 Å². The molecule has 8 aromatic heterocycles. The minimum atomic E-state index is -0.442. The average Bonchev–Trinajstić information content (AvgIpc) is 1.62. The first-order chi connectivity index (χ1) is 57.5. The molecule has 8 fully saturated rings. The number of aliphatic hydroxyl groups excluding tert-OH is 2. The Morgan fingerprint density at radius 2 is 0.763 bits per heavy atom. The van der Waals surface area contributed by atoms with Gasteiger partial charge >= 0.3 is 12.5 Å². The topological polar surface area (TPSA) is 252 Å². The summed E-state index contributed by atoms with van der Waals surface area (Å²) < 4.78 is 46.8. The second-order valence-electron chi connectivity index (χ2n) is 33.1. The number of thiophene rings is 4. The van der Waals surface area contributed by atoms with E-state index in [0.29, 0.717) is 53.7 Å². The van der Waals surface area contributed by atoms with Crippen molar-refractivity contribution in [3.8, 4) is 17.6 Å². The second kappa shape index (κ2) is 44.1. The molecular formula is C88H123ClIN13O11S4. The highest BCUT2D eigenvalue weighted by Crippen LogP contribution is 2.51. The molecule has 8 aliphatic carbocycles. The third-order valence-electron chi connectivity index (χ3n) is 26.4. The molecule has 118 heavy (non-hydrogen) atoms. The minimum Gasteiger partial charge on any atom is -0.474 e. The lowest BCUT2D eigenvalue weighted by Gasteiger charge is -2.38. The molecule has 8 aromatic rings. The number of rotatable bonds is 16. The Hall–Kier alpha value is -4.86. The number of ether oxygens (including phenoxy) is 8. The van der Waals surface area contributed by atoms with Gasteiger partial charge in [0, 0.05) is 106 Å². The number of hydrogen-bond donors (Lipinski definition) is 2. The molecule has 30 heteroatoms. The Bertz CT molecular complexity index is 4220. The van der Waals surface area contributed by atoms with Gasteiger partial charge < -0.3 is 53.0 Å². The molecule has 0 radical (unpaired) electrons. The quantitative estimate of drug-likeness (QED) is 0.0300. The van der Waals surface area contributed by atoms with E-state index in [4.69, 9.17) is 51.3 Å². The van der Waals surface area contributed by atoms with Crippen molar-refractivity contribution in [2.75, 3.05) is 129 Å². The van der Waals surface area contributed by atoms with Crippen LogP contribution in [0, 0.1) is 6.57 Å². The van der Waals surface area contributed by atoms with Gasteiger partial charge in [-0.15, -0.1) is 45.3 Å². The molecule has 4 saturated heterocycles. The van der Waals surface area contributed by atoms with Crippen LogP contribution in [-0.2, 0) is 54.2 Å². The van der Waals surface area contributed by atoms with E-state index in [2.05, 4.69) is 105 Å². The number of aryl methyl sites for hydroxylation is 4. The number of nitrogens with zero attached hydrogens (tertiary/aromatic N) is 13. The number of esters is 1. The predicted molar refractivity (Wildman–Crippen MR) is 478 cm³/mol. The van der Waals surface area contributed by atoms with Crippen molar-refractivity contribution in [1.82, 2.24) is 59.5 Å². The Balaban J connectivity index is 0.000000121. The van der Waals surface area contributed by atoms with Crippen molar-refractivity contribution < 1.29 is 52.9 Å². The summed E-state index contributed by atoms with van der Waals surface area (Å²) in [5.74, 6) is 4.13. The van der Waals surface area contributed by atoms with Crippen LogP contribution in [0.4, 0.5) is 0 Å². The lowest BCUT2D eigenvalue weighted by Crippen LogP contribution is -2.46. The fourth-order valence-electron chi connectivity index (χ4n) is 20.1. The highest BCUT2D eigenvalue weighted by atomic mass is 127. The van der Waals surface area contributed by atoms with Gasteiger partial charge in [0.05, 0.1) is 93.7 Å². The number of halogens is 2. The molecule has 24 nitrogen and oxygen atoms in total. The third kappa shape index (κ3) is 21.7. The van der Waals surface area contributed by atoms with Crippen LogP contribution < -0.4 is 14.2 Å². The summed E-state index contributed by atoms with van der Waals surface area (Å²) in [6.45, 7) is 28.5. The summed E-state index contributed by atoms with van der Waals surface area (Å²) in [7, 11) is 0. The fourth-order valence-corrected chi connectivity index (χ4v) is 26.2. The predicted octanol–water partition coefficient (Wildman–Crippen LogP) is 16.6. The summed E-state index contributed by atoms with van der Waals surface area (Å²) >= 11 is 15.9. The molecule has 4 aliphatic heterocycles. The molecule has 4 atom stereocenters. The van der Waals surface area contributed by atoms with Crippen LogP contribution in [0.2, 0.25) is 5.15 Å². The maximum absolute atomic E-state index is 10.2. The van der Waals surface area contributed by atoms with E-state index in [1.165, 1.54) is 155 Å². The monoisotopic (exact) mass is 1830 g/mol. The largest absolute Gasteiger partial charge is 0.474 e. The second-order valence-corrected chi connectivity index (χ2v) is 38.7. The first-order valence-corrected chi connectivity index (χ1v) is 49.0. The lowest BCUT2D eigenvalue weighted by atomic mass is 9.91. The van der Waals surface area contributed by atoms with Gasteiger partial charge in [-0.3, -0.25) is 19.6 Å². The standard InChI is InChI=1S/C21H29N3O2S.C20H26IN3O2S.C20H27N3O3S.C11H11ClN2S.C10H19NO2.C5H7NO2.CH4/c1-2-14-3-8-17-18(14)19-20(22-13-23-21(19)27-17)26-16-6-4-15(5-7-16)24-9-11-25-12-10-24;21-11-13-1-6-16-17(13)18-19(22-12-23-20(18)27-16)26-15-4-2-14(3-5-15)24-7-9-25-10-8-24;24-11-13-1-6-16-17(13)18-19(21-12-22-20(18)27-16)26-15-4-2-14(3-5-15)23-7-9-25-10-8-23;1-2-6-3-4-7-8(6)9-10(12)13-5-14-11(9)15-7;12-10-3-1-9(2-4-10)11-5-7-13-8-6-11;1-3-8-5(7)4-6-2;/h13-16H,2-12H2,1H3;12-15H,1-11H2;12-15,24H,1-11H2;5-6H,2-4H2,1H3;9-10,12H,1-8H2;3-4H2,1H3;1H4/t14-,15?,16?;2*13-,14?,15?;6-;;;/m0110.../s1. The lowest BCUT2D eigenvalue weighted by molar-refractivity contribution is -0.140. The maximum Gasteiger partial charge on any atom is 0.387 e. The summed E-state index contributed by atoms with van der Waals surface area (Å²) in [6.07, 6.45) is 37.3. The maximum atomic E-state index is 10.2. The van der Waals surface area contributed by atoms with Crippen LogP contribution in [0.5, 0.6) is 17.6 Å². The van der Waals surface area contributed by atoms with Crippen molar-refractivity contribution >= 4 is 126 Å². The molecule has 0 amide bonds. The van der Waals surface area contributed by atoms with Crippen LogP contribution in [-0.4, -0.2) is 254 Å². The summed E-state index contributed by atoms with van der Waals surface area (Å²) in [5, 5.41) is 24.4. The summed E-state index contributed by atoms with van der Waals surface area (Å²) in [5.41, 5.74) is 5.66. The van der Waals surface area contributed by atoms with Gasteiger partial charge in [0.1, 0.15) is 68.1 Å². The van der Waals surface area contributed by atoms with E-state index in [0.717, 1.165) is 222 Å². The normalized spacial score (nSPS) is 27.2. The first-order valence-electron chi connectivity index (χ1n) is 43.8. The molecule has 0 spiro atoms. The Morgan fingerprint density at radius 3 is 1.09 bits per heavy atom. The number of morpholine rings is 4. The summed E-state index contributed by atoms with van der Waals surface area (Å²) in [4.78, 5) is 69.1. The van der Waals surface area contributed by atoms with Crippen LogP contribution in [0.3, 0.4) is 0 Å². The summed E-state index contributed by atoms with van der Waals surface area (Å²) in [6, 6.07) is 2.79. The number of hydrogen-bond acceptors (Lipinski definition) is 27. The number of aromatic nitrogens is 8. The van der Waals surface area contributed by atoms with Crippen molar-refractivity contribution in [1.29, 1.82) is 0 Å². The molecule has 2 N–H and O–H groups in total. The first kappa shape index (κ1) is 89.4. The van der Waals surface area contributed by atoms with Crippen LogP contribution in [0.25, 0.3) is 45.7 Å². The minimum absolute atomic E-state index is 0. The molecule has 12 heterocycles. The molecule has 644 valence electrons. The van der Waals surface area contributed by atoms with Crippen LogP contribution in [0.1, 0.15) is 235 Å². The van der Waals surface area contributed by atoms with E-state index in [9.17, 15) is 15.0 Å². The van der Waals surface area contributed by atoms with Gasteiger partial charge in [-0.05, 0) is 214 Å². The van der Waals surface area contributed by atoms with Gasteiger partial charge in [-0.1, -0.05) is 55.5 Å². The van der Waals surface area contributed by atoms with Crippen LogP contribution in [0.15, 0.2) is 25.3 Å². The Kier molecular flexibility index (Phi) is 33.5. The highest BCUT2D eigenvalue weighted by Gasteiger charge is 2.38. The smallest absolute Gasteiger partial charge is 0.387 e. The molecular weight excluding hydrogens is 1710 g/mol. The Labute approximate surface area is 731 Å². The average molecular weight is 1830 g/mol. The molecule has 0 bridgehead atoms. The molecule has 12 aliphatic rings. The molecule has 4 saturated carbocycles.